The molecule has 0 unspecified atom stereocenters. The minimum Gasteiger partial charge on any atom is -0.450 e. The van der Waals surface area contributed by atoms with Crippen LogP contribution in [0.4, 0.5) is 10.5 Å². The van der Waals surface area contributed by atoms with Gasteiger partial charge in [-0.1, -0.05) is 0 Å². The molecule has 0 atom stereocenters. The van der Waals surface area contributed by atoms with Crippen molar-refractivity contribution in [3.8, 4) is 0 Å². The first-order valence-electron chi connectivity index (χ1n) is 9.60. The van der Waals surface area contributed by atoms with Gasteiger partial charge in [0.15, 0.2) is 0 Å². The number of nitrogens with zero attached hydrogens (tertiary/aromatic N) is 3. The lowest BCUT2D eigenvalue weighted by atomic mass is 10.0. The van der Waals surface area contributed by atoms with Crippen molar-refractivity contribution in [1.29, 1.82) is 0 Å². The zero-order valence-electron chi connectivity index (χ0n) is 15.4. The van der Waals surface area contributed by atoms with Gasteiger partial charge < -0.3 is 19.9 Å². The molecule has 26 heavy (non-hydrogen) atoms. The van der Waals surface area contributed by atoms with Crippen molar-refractivity contribution in [2.75, 3.05) is 38.1 Å². The lowest BCUT2D eigenvalue weighted by molar-refractivity contribution is 0.0723. The predicted octanol–water partition coefficient (Wildman–Crippen LogP) is 2.74. The molecule has 0 aliphatic carbocycles. The Morgan fingerprint density at radius 1 is 1.12 bits per heavy atom. The summed E-state index contributed by atoms with van der Waals surface area (Å²) in [4.78, 5) is 32.3. The van der Waals surface area contributed by atoms with E-state index < -0.39 is 0 Å². The number of amides is 2. The monoisotopic (exact) mass is 360 g/mol. The van der Waals surface area contributed by atoms with Crippen molar-refractivity contribution in [1.82, 2.24) is 14.8 Å². The van der Waals surface area contributed by atoms with Crippen LogP contribution in [-0.2, 0) is 4.74 Å². The largest absolute Gasteiger partial charge is 0.450 e. The molecule has 1 aromatic heterocycles. The van der Waals surface area contributed by atoms with Crippen LogP contribution in [0.1, 0.15) is 49.4 Å². The van der Waals surface area contributed by atoms with E-state index >= 15 is 0 Å². The summed E-state index contributed by atoms with van der Waals surface area (Å²) in [5, 5.41) is 3.46. The third kappa shape index (κ3) is 4.65. The molecule has 0 bridgehead atoms. The van der Waals surface area contributed by atoms with Gasteiger partial charge in [0.2, 0.25) is 0 Å². The molecule has 2 fully saturated rings. The summed E-state index contributed by atoms with van der Waals surface area (Å²) in [6.45, 7) is 5.25. The first-order valence-corrected chi connectivity index (χ1v) is 9.60. The fourth-order valence-electron chi connectivity index (χ4n) is 3.57. The van der Waals surface area contributed by atoms with Crippen molar-refractivity contribution in [3.63, 3.8) is 0 Å². The molecule has 3 heterocycles. The molecule has 0 saturated carbocycles. The van der Waals surface area contributed by atoms with Gasteiger partial charge in [0.05, 0.1) is 17.9 Å². The van der Waals surface area contributed by atoms with Crippen LogP contribution in [0.15, 0.2) is 18.5 Å². The normalized spacial score (nSPS) is 18.5. The molecule has 7 heteroatoms. The van der Waals surface area contributed by atoms with Crippen LogP contribution in [-0.4, -0.2) is 65.6 Å². The number of carbonyl (C=O) groups excluding carboxylic acids is 2. The fourth-order valence-corrected chi connectivity index (χ4v) is 3.57. The van der Waals surface area contributed by atoms with E-state index in [0.717, 1.165) is 44.5 Å². The summed E-state index contributed by atoms with van der Waals surface area (Å²) in [5.41, 5.74) is 1.50. The summed E-state index contributed by atoms with van der Waals surface area (Å²) in [7, 11) is 0. The van der Waals surface area contributed by atoms with Gasteiger partial charge in [-0.15, -0.1) is 0 Å². The van der Waals surface area contributed by atoms with Crippen LogP contribution in [0.2, 0.25) is 0 Å². The first-order chi connectivity index (χ1) is 12.7. The van der Waals surface area contributed by atoms with Crippen LogP contribution in [0.25, 0.3) is 0 Å². The molecule has 0 spiro atoms. The van der Waals surface area contributed by atoms with Gasteiger partial charge in [-0.2, -0.15) is 0 Å². The highest BCUT2D eigenvalue weighted by Gasteiger charge is 2.24. The number of carbonyl (C=O) groups is 2. The summed E-state index contributed by atoms with van der Waals surface area (Å²) >= 11 is 0. The Balaban J connectivity index is 1.54. The zero-order chi connectivity index (χ0) is 18.4. The van der Waals surface area contributed by atoms with Crippen molar-refractivity contribution < 1.29 is 14.3 Å². The summed E-state index contributed by atoms with van der Waals surface area (Å²) in [5.74, 6) is 0.0676. The number of nitrogens with one attached hydrogen (secondary N) is 1. The standard InChI is InChI=1S/C19H28N4O3/c1-2-26-19(25)23-10-6-16(7-11-23)21-17-12-15(13-20-14-17)18(24)22-8-4-3-5-9-22/h12-14,16,21H,2-11H2,1H3. The van der Waals surface area contributed by atoms with E-state index in [-0.39, 0.29) is 18.0 Å². The van der Waals surface area contributed by atoms with Crippen molar-refractivity contribution >= 4 is 17.7 Å². The van der Waals surface area contributed by atoms with E-state index in [1.165, 1.54) is 6.42 Å². The van der Waals surface area contributed by atoms with Crippen LogP contribution in [0.3, 0.4) is 0 Å². The van der Waals surface area contributed by atoms with E-state index in [2.05, 4.69) is 10.3 Å². The van der Waals surface area contributed by atoms with Gasteiger partial charge in [0.25, 0.3) is 5.91 Å². The number of hydrogen-bond acceptors (Lipinski definition) is 5. The minimum absolute atomic E-state index is 0.0676. The second kappa shape index (κ2) is 8.87. The third-order valence-electron chi connectivity index (χ3n) is 5.02. The fraction of sp³-hybridized carbons (Fsp3) is 0.632. The number of pyridine rings is 1. The Bertz CT molecular complexity index is 623. The molecule has 2 aliphatic heterocycles. The number of likely N-dealkylation sites (tertiary alicyclic amines) is 2. The number of aromatic nitrogens is 1. The molecule has 1 N–H and O–H groups in total. The molecule has 0 aromatic carbocycles. The molecule has 0 radical (unpaired) electrons. The number of hydrogen-bond donors (Lipinski definition) is 1. The molecule has 1 aromatic rings. The number of ether oxygens (including phenoxy) is 1. The van der Waals surface area contributed by atoms with E-state index in [9.17, 15) is 9.59 Å². The molecule has 3 rings (SSSR count). The SMILES string of the molecule is CCOC(=O)N1CCC(Nc2cncc(C(=O)N3CCCCC3)c2)CC1. The quantitative estimate of drug-likeness (QED) is 0.894. The third-order valence-corrected chi connectivity index (χ3v) is 5.02. The second-order valence-corrected chi connectivity index (χ2v) is 6.92. The smallest absolute Gasteiger partial charge is 0.409 e. The number of rotatable bonds is 4. The lowest BCUT2D eigenvalue weighted by Crippen LogP contribution is -2.42. The Morgan fingerprint density at radius 3 is 2.54 bits per heavy atom. The molecular formula is C19H28N4O3. The van der Waals surface area contributed by atoms with Crippen LogP contribution >= 0.6 is 0 Å². The Kier molecular flexibility index (Phi) is 6.30. The first kappa shape index (κ1) is 18.5. The van der Waals surface area contributed by atoms with Gasteiger partial charge >= 0.3 is 6.09 Å². The van der Waals surface area contributed by atoms with Crippen molar-refractivity contribution in [3.05, 3.63) is 24.0 Å². The maximum absolute atomic E-state index is 12.6. The highest BCUT2D eigenvalue weighted by Crippen LogP contribution is 2.19. The maximum atomic E-state index is 12.6. The molecule has 7 nitrogen and oxygen atoms in total. The van der Waals surface area contributed by atoms with Crippen LogP contribution < -0.4 is 5.32 Å². The second-order valence-electron chi connectivity index (χ2n) is 6.92. The highest BCUT2D eigenvalue weighted by molar-refractivity contribution is 5.94. The van der Waals surface area contributed by atoms with Crippen LogP contribution in [0.5, 0.6) is 0 Å². The number of piperidine rings is 2. The molecule has 2 saturated heterocycles. The van der Waals surface area contributed by atoms with Gasteiger partial charge in [-0.05, 0) is 45.1 Å². The van der Waals surface area contributed by atoms with Crippen molar-refractivity contribution in [2.45, 2.75) is 45.1 Å². The summed E-state index contributed by atoms with van der Waals surface area (Å²) < 4.78 is 5.05. The van der Waals surface area contributed by atoms with Crippen molar-refractivity contribution in [2.24, 2.45) is 0 Å². The van der Waals surface area contributed by atoms with Crippen LogP contribution in [0, 0.1) is 0 Å². The minimum atomic E-state index is -0.234. The lowest BCUT2D eigenvalue weighted by Gasteiger charge is -2.32. The molecule has 2 amide bonds. The van der Waals surface area contributed by atoms with Gasteiger partial charge in [-0.25, -0.2) is 4.79 Å². The molecule has 2 aliphatic rings. The number of anilines is 1. The van der Waals surface area contributed by atoms with E-state index in [1.807, 2.05) is 17.9 Å². The Hall–Kier alpha value is -2.31. The molecule has 142 valence electrons. The average molecular weight is 360 g/mol. The Morgan fingerprint density at radius 2 is 1.85 bits per heavy atom. The van der Waals surface area contributed by atoms with E-state index in [1.54, 1.807) is 17.3 Å². The molecular weight excluding hydrogens is 332 g/mol. The van der Waals surface area contributed by atoms with E-state index in [0.29, 0.717) is 25.3 Å². The van der Waals surface area contributed by atoms with Gasteiger partial charge in [0, 0.05) is 44.6 Å². The van der Waals surface area contributed by atoms with Gasteiger partial charge in [0.1, 0.15) is 0 Å². The highest BCUT2D eigenvalue weighted by atomic mass is 16.6. The van der Waals surface area contributed by atoms with Gasteiger partial charge in [-0.3, -0.25) is 9.78 Å². The van der Waals surface area contributed by atoms with E-state index in [4.69, 9.17) is 4.74 Å². The maximum Gasteiger partial charge on any atom is 0.409 e. The Labute approximate surface area is 154 Å². The topological polar surface area (TPSA) is 74.8 Å². The predicted molar refractivity (Wildman–Crippen MR) is 99.2 cm³/mol. The zero-order valence-corrected chi connectivity index (χ0v) is 15.4. The summed E-state index contributed by atoms with van der Waals surface area (Å²) in [6, 6.07) is 2.16. The average Bonchev–Trinajstić information content (AvgIpc) is 2.69. The summed E-state index contributed by atoms with van der Waals surface area (Å²) in [6.07, 6.45) is 8.23.